The third kappa shape index (κ3) is 6.94. The van der Waals surface area contributed by atoms with Crippen molar-refractivity contribution in [1.29, 1.82) is 0 Å². The number of hydrogen-bond acceptors (Lipinski definition) is 5. The van der Waals surface area contributed by atoms with Crippen LogP contribution in [0.2, 0.25) is 10.0 Å². The lowest BCUT2D eigenvalue weighted by molar-refractivity contribution is -0.146. The van der Waals surface area contributed by atoms with E-state index < -0.39 is 18.0 Å². The quantitative estimate of drug-likeness (QED) is 0.271. The molecule has 2 N–H and O–H groups in total. The summed E-state index contributed by atoms with van der Waals surface area (Å²) >= 11 is 12.5. The molecule has 3 aromatic rings. The molecule has 1 aliphatic rings. The SMILES string of the molecule is COc1ccc2nccc([C@@H](O)CC[C@@H]3CCN(CCCCc4c(Cl)cccc4Cl)C[C@@H]3C(=O)O)c2c1. The Kier molecular flexibility index (Phi) is 9.65. The second kappa shape index (κ2) is 12.9. The molecular weight excluding hydrogens is 511 g/mol. The van der Waals surface area contributed by atoms with Crippen LogP contribution < -0.4 is 4.74 Å². The number of rotatable bonds is 11. The van der Waals surface area contributed by atoms with E-state index in [1.165, 1.54) is 0 Å². The molecule has 0 bridgehead atoms. The fourth-order valence-corrected chi connectivity index (χ4v) is 5.98. The summed E-state index contributed by atoms with van der Waals surface area (Å²) in [5.74, 6) is -0.449. The Hall–Kier alpha value is -2.38. The van der Waals surface area contributed by atoms with Crippen molar-refractivity contribution in [3.05, 3.63) is 69.8 Å². The number of pyridine rings is 1. The summed E-state index contributed by atoms with van der Waals surface area (Å²) in [5, 5.41) is 23.2. The highest BCUT2D eigenvalue weighted by molar-refractivity contribution is 6.35. The van der Waals surface area contributed by atoms with Crippen molar-refractivity contribution in [3.8, 4) is 5.75 Å². The predicted octanol–water partition coefficient (Wildman–Crippen LogP) is 6.41. The van der Waals surface area contributed by atoms with Gasteiger partial charge in [0.2, 0.25) is 0 Å². The fraction of sp³-hybridized carbons (Fsp3) is 0.448. The lowest BCUT2D eigenvalue weighted by Crippen LogP contribution is -2.44. The molecule has 1 saturated heterocycles. The van der Waals surface area contributed by atoms with Crippen molar-refractivity contribution in [3.63, 3.8) is 0 Å². The first-order chi connectivity index (χ1) is 17.9. The number of aliphatic carboxylic acids is 1. The zero-order valence-electron chi connectivity index (χ0n) is 21.1. The van der Waals surface area contributed by atoms with Crippen molar-refractivity contribution in [2.75, 3.05) is 26.7 Å². The number of fused-ring (bicyclic) bond motifs is 1. The smallest absolute Gasteiger partial charge is 0.308 e. The molecule has 6 nitrogen and oxygen atoms in total. The average molecular weight is 546 g/mol. The van der Waals surface area contributed by atoms with Gasteiger partial charge in [0, 0.05) is 28.2 Å². The predicted molar refractivity (Wildman–Crippen MR) is 148 cm³/mol. The van der Waals surface area contributed by atoms with E-state index in [1.807, 2.05) is 42.5 Å². The topological polar surface area (TPSA) is 82.9 Å². The molecule has 4 rings (SSSR count). The van der Waals surface area contributed by atoms with Crippen LogP contribution in [-0.2, 0) is 11.2 Å². The van der Waals surface area contributed by atoms with Crippen LogP contribution in [0.4, 0.5) is 0 Å². The molecule has 37 heavy (non-hydrogen) atoms. The Labute approximate surface area is 228 Å². The number of carboxylic acid groups (broad SMARTS) is 1. The summed E-state index contributed by atoms with van der Waals surface area (Å²) in [6.45, 7) is 2.26. The highest BCUT2D eigenvalue weighted by atomic mass is 35.5. The fourth-order valence-electron chi connectivity index (χ4n) is 5.40. The van der Waals surface area contributed by atoms with Gasteiger partial charge in [0.15, 0.2) is 0 Å². The van der Waals surface area contributed by atoms with Crippen molar-refractivity contribution >= 4 is 40.1 Å². The van der Waals surface area contributed by atoms with E-state index in [0.29, 0.717) is 35.2 Å². The van der Waals surface area contributed by atoms with Gasteiger partial charge in [0.05, 0.1) is 24.6 Å². The minimum atomic E-state index is -0.758. The first kappa shape index (κ1) is 27.6. The molecule has 198 valence electrons. The van der Waals surface area contributed by atoms with Gasteiger partial charge in [-0.3, -0.25) is 9.78 Å². The largest absolute Gasteiger partial charge is 0.497 e. The van der Waals surface area contributed by atoms with E-state index in [0.717, 1.165) is 60.8 Å². The molecule has 2 aromatic carbocycles. The number of carboxylic acids is 1. The van der Waals surface area contributed by atoms with Gasteiger partial charge in [-0.25, -0.2) is 0 Å². The third-order valence-corrected chi connectivity index (χ3v) is 8.23. The monoisotopic (exact) mass is 544 g/mol. The number of nitrogens with zero attached hydrogens (tertiary/aromatic N) is 2. The van der Waals surface area contributed by atoms with E-state index >= 15 is 0 Å². The van der Waals surface area contributed by atoms with Crippen molar-refractivity contribution < 1.29 is 19.7 Å². The van der Waals surface area contributed by atoms with Gasteiger partial charge in [-0.15, -0.1) is 0 Å². The highest BCUT2D eigenvalue weighted by Gasteiger charge is 2.34. The molecule has 3 atom stereocenters. The first-order valence-electron chi connectivity index (χ1n) is 12.9. The maximum atomic E-state index is 12.1. The van der Waals surface area contributed by atoms with Gasteiger partial charge < -0.3 is 19.8 Å². The number of piperidine rings is 1. The average Bonchev–Trinajstić information content (AvgIpc) is 2.90. The number of benzene rings is 2. The molecule has 2 heterocycles. The second-order valence-corrected chi connectivity index (χ2v) is 10.6. The maximum Gasteiger partial charge on any atom is 0.308 e. The van der Waals surface area contributed by atoms with Crippen LogP contribution in [0.1, 0.15) is 49.3 Å². The standard InChI is InChI=1S/C29H34Cl2N2O4/c1-37-20-9-10-27-23(17-20)21(12-14-32-27)28(34)11-8-19-13-16-33(18-24(19)29(35)36)15-3-2-5-22-25(30)6-4-7-26(22)31/h4,6-7,9-10,12,14,17,19,24,28,34H,2-3,5,8,11,13,15-16,18H2,1H3,(H,35,36)/t19-,24+,28+/m1/s1. The van der Waals surface area contributed by atoms with E-state index in [2.05, 4.69) is 9.88 Å². The van der Waals surface area contributed by atoms with E-state index in [4.69, 9.17) is 27.9 Å². The summed E-state index contributed by atoms with van der Waals surface area (Å²) in [7, 11) is 1.61. The number of ether oxygens (including phenoxy) is 1. The molecule has 0 saturated carbocycles. The van der Waals surface area contributed by atoms with Gasteiger partial charge >= 0.3 is 5.97 Å². The van der Waals surface area contributed by atoms with Gasteiger partial charge in [-0.1, -0.05) is 29.3 Å². The lowest BCUT2D eigenvalue weighted by atomic mass is 9.81. The Morgan fingerprint density at radius 3 is 2.70 bits per heavy atom. The lowest BCUT2D eigenvalue weighted by Gasteiger charge is -2.37. The van der Waals surface area contributed by atoms with Crippen LogP contribution >= 0.6 is 23.2 Å². The molecule has 1 aromatic heterocycles. The van der Waals surface area contributed by atoms with Gasteiger partial charge in [0.25, 0.3) is 0 Å². The number of unbranched alkanes of at least 4 members (excludes halogenated alkanes) is 1. The second-order valence-electron chi connectivity index (χ2n) is 9.83. The first-order valence-corrected chi connectivity index (χ1v) is 13.6. The Morgan fingerprint density at radius 2 is 1.97 bits per heavy atom. The molecule has 0 radical (unpaired) electrons. The van der Waals surface area contributed by atoms with Gasteiger partial charge in [-0.2, -0.15) is 0 Å². The van der Waals surface area contributed by atoms with Gasteiger partial charge in [-0.05, 0) is 105 Å². The zero-order chi connectivity index (χ0) is 26.4. The number of likely N-dealkylation sites (tertiary alicyclic amines) is 1. The van der Waals surface area contributed by atoms with Gasteiger partial charge in [0.1, 0.15) is 5.75 Å². The van der Waals surface area contributed by atoms with E-state index in [-0.39, 0.29) is 5.92 Å². The molecule has 0 amide bonds. The minimum absolute atomic E-state index is 0.0352. The van der Waals surface area contributed by atoms with Crippen molar-refractivity contribution in [1.82, 2.24) is 9.88 Å². The Bertz CT molecular complexity index is 1200. The molecule has 0 aliphatic carbocycles. The number of aliphatic hydroxyl groups is 1. The summed E-state index contributed by atoms with van der Waals surface area (Å²) in [4.78, 5) is 18.8. The summed E-state index contributed by atoms with van der Waals surface area (Å²) in [6.07, 6.45) is 5.69. The maximum absolute atomic E-state index is 12.1. The number of carbonyl (C=O) groups is 1. The minimum Gasteiger partial charge on any atom is -0.497 e. The zero-order valence-corrected chi connectivity index (χ0v) is 22.6. The molecule has 0 spiro atoms. The van der Waals surface area contributed by atoms with E-state index in [9.17, 15) is 15.0 Å². The Morgan fingerprint density at radius 1 is 1.19 bits per heavy atom. The molecular formula is C29H34Cl2N2O4. The van der Waals surface area contributed by atoms with Crippen LogP contribution in [0.5, 0.6) is 5.75 Å². The number of halogens is 2. The highest BCUT2D eigenvalue weighted by Crippen LogP contribution is 2.34. The van der Waals surface area contributed by atoms with Crippen molar-refractivity contribution in [2.45, 2.75) is 44.6 Å². The van der Waals surface area contributed by atoms with Crippen LogP contribution in [0.3, 0.4) is 0 Å². The van der Waals surface area contributed by atoms with Crippen molar-refractivity contribution in [2.24, 2.45) is 11.8 Å². The van der Waals surface area contributed by atoms with Crippen LogP contribution in [0.15, 0.2) is 48.7 Å². The number of hydrogen-bond donors (Lipinski definition) is 2. The molecule has 0 unspecified atom stereocenters. The molecule has 1 fully saturated rings. The number of methoxy groups -OCH3 is 1. The number of aliphatic hydroxyl groups excluding tert-OH is 1. The summed E-state index contributed by atoms with van der Waals surface area (Å²) < 4.78 is 5.34. The van der Waals surface area contributed by atoms with Crippen LogP contribution in [0, 0.1) is 11.8 Å². The molecule has 8 heteroatoms. The van der Waals surface area contributed by atoms with E-state index in [1.54, 1.807) is 13.3 Å². The summed E-state index contributed by atoms with van der Waals surface area (Å²) in [6, 6.07) is 13.0. The normalized spacial score (nSPS) is 19.1. The summed E-state index contributed by atoms with van der Waals surface area (Å²) in [5.41, 5.74) is 2.57. The van der Waals surface area contributed by atoms with Crippen LogP contribution in [-0.4, -0.2) is 52.8 Å². The number of aromatic nitrogens is 1. The third-order valence-electron chi connectivity index (χ3n) is 7.52. The Balaban J connectivity index is 1.30. The van der Waals surface area contributed by atoms with Crippen LogP contribution in [0.25, 0.3) is 10.9 Å². The molecule has 1 aliphatic heterocycles.